The fourth-order valence-corrected chi connectivity index (χ4v) is 1.81. The van der Waals surface area contributed by atoms with Gasteiger partial charge in [0, 0.05) is 18.8 Å². The second-order valence-electron chi connectivity index (χ2n) is 4.31. The van der Waals surface area contributed by atoms with E-state index in [2.05, 4.69) is 10.5 Å². The average molecular weight is 287 g/mol. The molecule has 0 spiro atoms. The molecule has 0 saturated carbocycles. The molecule has 0 fully saturated rings. The van der Waals surface area contributed by atoms with Gasteiger partial charge in [0.05, 0.1) is 26.1 Å². The van der Waals surface area contributed by atoms with Gasteiger partial charge in [-0.3, -0.25) is 4.79 Å². The Hall–Kier alpha value is -2.76. The number of nitrogens with zero attached hydrogens (tertiary/aromatic N) is 2. The largest absolute Gasteiger partial charge is 0.493 e. The predicted octanol–water partition coefficient (Wildman–Crippen LogP) is 1.81. The van der Waals surface area contributed by atoms with Crippen LogP contribution >= 0.6 is 0 Å². The SMILES string of the molecule is COc1ccc(C(=O)N/N=C/c2cccn2C)cc1OC. The first-order valence-electron chi connectivity index (χ1n) is 6.32. The van der Waals surface area contributed by atoms with Gasteiger partial charge in [-0.05, 0) is 30.3 Å². The Bertz CT molecular complexity index is 662. The highest BCUT2D eigenvalue weighted by atomic mass is 16.5. The number of hydrogen-bond donors (Lipinski definition) is 1. The number of amides is 1. The topological polar surface area (TPSA) is 64.8 Å². The summed E-state index contributed by atoms with van der Waals surface area (Å²) in [6.45, 7) is 0. The van der Waals surface area contributed by atoms with Gasteiger partial charge in [0.15, 0.2) is 11.5 Å². The zero-order valence-electron chi connectivity index (χ0n) is 12.2. The standard InChI is InChI=1S/C15H17N3O3/c1-18-8-4-5-12(18)10-16-17-15(19)11-6-7-13(20-2)14(9-11)21-3/h4-10H,1-3H3,(H,17,19)/b16-10+. The normalized spacial score (nSPS) is 10.6. The highest BCUT2D eigenvalue weighted by molar-refractivity contribution is 5.95. The van der Waals surface area contributed by atoms with Crippen molar-refractivity contribution in [3.63, 3.8) is 0 Å². The molecule has 0 aliphatic rings. The fourth-order valence-electron chi connectivity index (χ4n) is 1.81. The van der Waals surface area contributed by atoms with Gasteiger partial charge in [0.25, 0.3) is 5.91 Å². The van der Waals surface area contributed by atoms with E-state index in [0.29, 0.717) is 17.1 Å². The van der Waals surface area contributed by atoms with Gasteiger partial charge in [-0.1, -0.05) is 0 Å². The van der Waals surface area contributed by atoms with Crippen LogP contribution in [0.3, 0.4) is 0 Å². The van der Waals surface area contributed by atoms with Crippen molar-refractivity contribution in [2.45, 2.75) is 0 Å². The zero-order valence-corrected chi connectivity index (χ0v) is 12.2. The maximum atomic E-state index is 12.0. The Morgan fingerprint density at radius 3 is 2.62 bits per heavy atom. The van der Waals surface area contributed by atoms with Crippen molar-refractivity contribution in [3.05, 3.63) is 47.8 Å². The summed E-state index contributed by atoms with van der Waals surface area (Å²) in [5, 5.41) is 3.93. The van der Waals surface area contributed by atoms with E-state index >= 15 is 0 Å². The number of carbonyl (C=O) groups excluding carboxylic acids is 1. The number of ether oxygens (including phenoxy) is 2. The second-order valence-corrected chi connectivity index (χ2v) is 4.31. The van der Waals surface area contributed by atoms with Crippen LogP contribution in [-0.4, -0.2) is 30.9 Å². The van der Waals surface area contributed by atoms with E-state index in [1.54, 1.807) is 31.5 Å². The van der Waals surface area contributed by atoms with E-state index in [0.717, 1.165) is 5.69 Å². The Balaban J connectivity index is 2.07. The Morgan fingerprint density at radius 1 is 1.24 bits per heavy atom. The second kappa shape index (κ2) is 6.60. The van der Waals surface area contributed by atoms with Crippen molar-refractivity contribution in [2.24, 2.45) is 12.1 Å². The fraction of sp³-hybridized carbons (Fsp3) is 0.200. The molecule has 0 bridgehead atoms. The number of benzene rings is 1. The molecule has 0 aliphatic carbocycles. The van der Waals surface area contributed by atoms with Crippen molar-refractivity contribution < 1.29 is 14.3 Å². The summed E-state index contributed by atoms with van der Waals surface area (Å²) in [7, 11) is 4.96. The van der Waals surface area contributed by atoms with Crippen molar-refractivity contribution in [1.82, 2.24) is 9.99 Å². The lowest BCUT2D eigenvalue weighted by molar-refractivity contribution is 0.0954. The molecule has 0 atom stereocenters. The number of rotatable bonds is 5. The van der Waals surface area contributed by atoms with Gasteiger partial charge in [-0.2, -0.15) is 5.10 Å². The van der Waals surface area contributed by atoms with Crippen LogP contribution in [0.2, 0.25) is 0 Å². The number of hydrazone groups is 1. The summed E-state index contributed by atoms with van der Waals surface area (Å²) in [4.78, 5) is 12.0. The molecule has 1 amide bonds. The number of aromatic nitrogens is 1. The lowest BCUT2D eigenvalue weighted by atomic mass is 10.2. The van der Waals surface area contributed by atoms with Crippen molar-refractivity contribution in [1.29, 1.82) is 0 Å². The summed E-state index contributed by atoms with van der Waals surface area (Å²) in [6.07, 6.45) is 3.48. The van der Waals surface area contributed by atoms with Gasteiger partial charge in [-0.15, -0.1) is 0 Å². The average Bonchev–Trinajstić information content (AvgIpc) is 2.91. The van der Waals surface area contributed by atoms with E-state index in [4.69, 9.17) is 9.47 Å². The molecule has 1 aromatic carbocycles. The quantitative estimate of drug-likeness (QED) is 0.673. The molecule has 6 heteroatoms. The molecule has 21 heavy (non-hydrogen) atoms. The minimum Gasteiger partial charge on any atom is -0.493 e. The van der Waals surface area contributed by atoms with Crippen molar-refractivity contribution in [2.75, 3.05) is 14.2 Å². The molecule has 0 aliphatic heterocycles. The van der Waals surface area contributed by atoms with E-state index in [1.807, 2.05) is 29.9 Å². The van der Waals surface area contributed by atoms with Crippen LogP contribution in [0.15, 0.2) is 41.6 Å². The highest BCUT2D eigenvalue weighted by Gasteiger charge is 2.09. The van der Waals surface area contributed by atoms with Crippen LogP contribution < -0.4 is 14.9 Å². The number of carbonyl (C=O) groups is 1. The molecule has 2 rings (SSSR count). The van der Waals surface area contributed by atoms with E-state index in [9.17, 15) is 4.79 Å². The number of aryl methyl sites for hydroxylation is 1. The third-order valence-electron chi connectivity index (χ3n) is 2.99. The summed E-state index contributed by atoms with van der Waals surface area (Å²) in [5.74, 6) is 0.749. The van der Waals surface area contributed by atoms with Gasteiger partial charge in [0.1, 0.15) is 0 Å². The number of methoxy groups -OCH3 is 2. The van der Waals surface area contributed by atoms with Gasteiger partial charge in [0.2, 0.25) is 0 Å². The Kier molecular flexibility index (Phi) is 4.61. The van der Waals surface area contributed by atoms with E-state index < -0.39 is 0 Å². The van der Waals surface area contributed by atoms with Crippen LogP contribution in [0.4, 0.5) is 0 Å². The van der Waals surface area contributed by atoms with Crippen LogP contribution in [0.25, 0.3) is 0 Å². The lowest BCUT2D eigenvalue weighted by Crippen LogP contribution is -2.17. The molecule has 110 valence electrons. The van der Waals surface area contributed by atoms with Crippen LogP contribution in [-0.2, 0) is 7.05 Å². The van der Waals surface area contributed by atoms with Crippen LogP contribution in [0.5, 0.6) is 11.5 Å². The third kappa shape index (κ3) is 3.42. The molecule has 0 radical (unpaired) electrons. The smallest absolute Gasteiger partial charge is 0.271 e. The predicted molar refractivity (Wildman–Crippen MR) is 80.0 cm³/mol. The zero-order chi connectivity index (χ0) is 15.2. The summed E-state index contributed by atoms with van der Waals surface area (Å²) in [6, 6.07) is 8.72. The lowest BCUT2D eigenvalue weighted by Gasteiger charge is -2.08. The molecule has 0 unspecified atom stereocenters. The van der Waals surface area contributed by atoms with Gasteiger partial charge in [-0.25, -0.2) is 5.43 Å². The van der Waals surface area contributed by atoms with Gasteiger partial charge >= 0.3 is 0 Å². The monoisotopic (exact) mass is 287 g/mol. The molecule has 1 N–H and O–H groups in total. The minimum atomic E-state index is -0.318. The Labute approximate surface area is 123 Å². The highest BCUT2D eigenvalue weighted by Crippen LogP contribution is 2.27. The summed E-state index contributed by atoms with van der Waals surface area (Å²) >= 11 is 0. The van der Waals surface area contributed by atoms with Crippen LogP contribution in [0, 0.1) is 0 Å². The first kappa shape index (κ1) is 14.6. The molecule has 2 aromatic rings. The molecule has 1 aromatic heterocycles. The maximum Gasteiger partial charge on any atom is 0.271 e. The number of nitrogens with one attached hydrogen (secondary N) is 1. The van der Waals surface area contributed by atoms with Gasteiger partial charge < -0.3 is 14.0 Å². The Morgan fingerprint density at radius 2 is 2.00 bits per heavy atom. The molecule has 1 heterocycles. The van der Waals surface area contributed by atoms with Crippen LogP contribution in [0.1, 0.15) is 16.1 Å². The molecule has 6 nitrogen and oxygen atoms in total. The molecule has 0 saturated heterocycles. The first-order chi connectivity index (χ1) is 10.2. The molecular weight excluding hydrogens is 270 g/mol. The maximum absolute atomic E-state index is 12.0. The van der Waals surface area contributed by atoms with E-state index in [1.165, 1.54) is 7.11 Å². The first-order valence-corrected chi connectivity index (χ1v) is 6.32. The van der Waals surface area contributed by atoms with Crippen molar-refractivity contribution >= 4 is 12.1 Å². The molecular formula is C15H17N3O3. The third-order valence-corrected chi connectivity index (χ3v) is 2.99. The number of hydrogen-bond acceptors (Lipinski definition) is 4. The van der Waals surface area contributed by atoms with Crippen molar-refractivity contribution in [3.8, 4) is 11.5 Å². The van der Waals surface area contributed by atoms with E-state index in [-0.39, 0.29) is 5.91 Å². The summed E-state index contributed by atoms with van der Waals surface area (Å²) < 4.78 is 12.2. The summed E-state index contributed by atoms with van der Waals surface area (Å²) in [5.41, 5.74) is 3.81. The minimum absolute atomic E-state index is 0.318.